The lowest BCUT2D eigenvalue weighted by Crippen LogP contribution is -2.54. The summed E-state index contributed by atoms with van der Waals surface area (Å²) in [5.74, 6) is -0.531. The third kappa shape index (κ3) is 9.82. The summed E-state index contributed by atoms with van der Waals surface area (Å²) >= 11 is 1.61. The Hall–Kier alpha value is -3.89. The van der Waals surface area contributed by atoms with Crippen LogP contribution in [0.4, 0.5) is 9.59 Å². The molecule has 4 rings (SSSR count). The Balaban J connectivity index is 0.000000448. The highest BCUT2D eigenvalue weighted by molar-refractivity contribution is 8.00. The molecule has 2 aliphatic rings. The van der Waals surface area contributed by atoms with Gasteiger partial charge in [0.05, 0.1) is 12.0 Å². The summed E-state index contributed by atoms with van der Waals surface area (Å²) in [5.41, 5.74) is 0.673. The predicted molar refractivity (Wildman–Crippen MR) is 162 cm³/mol. The van der Waals surface area contributed by atoms with E-state index in [4.69, 9.17) is 4.74 Å². The number of nitrogens with zero attached hydrogens (tertiary/aromatic N) is 3. The molecule has 1 unspecified atom stereocenters. The lowest BCUT2D eigenvalue weighted by molar-refractivity contribution is -0.142. The van der Waals surface area contributed by atoms with Crippen molar-refractivity contribution in [2.45, 2.75) is 42.0 Å². The smallest absolute Gasteiger partial charge is 0.415 e. The summed E-state index contributed by atoms with van der Waals surface area (Å²) in [6, 6.07) is 8.03. The Bertz CT molecular complexity index is 1410. The van der Waals surface area contributed by atoms with Crippen molar-refractivity contribution in [2.75, 3.05) is 45.4 Å². The molecule has 2 aromatic rings. The van der Waals surface area contributed by atoms with Crippen molar-refractivity contribution >= 4 is 45.7 Å². The Morgan fingerprint density at radius 1 is 1.09 bits per heavy atom. The molecule has 14 nitrogen and oxygen atoms in total. The molecule has 1 aromatic carbocycles. The van der Waals surface area contributed by atoms with Gasteiger partial charge in [0.25, 0.3) is 0 Å². The van der Waals surface area contributed by atoms with E-state index in [0.29, 0.717) is 43.4 Å². The number of aromatic nitrogens is 1. The van der Waals surface area contributed by atoms with Gasteiger partial charge in [-0.1, -0.05) is 12.1 Å². The number of hydrogen-bond donors (Lipinski definition) is 3. The summed E-state index contributed by atoms with van der Waals surface area (Å²) in [6.45, 7) is 5.26. The van der Waals surface area contributed by atoms with Crippen LogP contribution in [0.2, 0.25) is 0 Å². The van der Waals surface area contributed by atoms with Crippen LogP contribution in [-0.4, -0.2) is 115 Å². The molecule has 0 aliphatic carbocycles. The number of thioether (sulfide) groups is 1. The molecule has 0 bridgehead atoms. The third-order valence-corrected chi connectivity index (χ3v) is 9.29. The van der Waals surface area contributed by atoms with Gasteiger partial charge < -0.3 is 29.7 Å². The van der Waals surface area contributed by atoms with Gasteiger partial charge in [-0.15, -0.1) is 11.8 Å². The van der Waals surface area contributed by atoms with E-state index in [1.54, 1.807) is 42.1 Å². The van der Waals surface area contributed by atoms with Crippen LogP contribution in [0.1, 0.15) is 19.4 Å². The number of benzene rings is 1. The summed E-state index contributed by atoms with van der Waals surface area (Å²) in [5, 5.41) is 15.3. The number of hydrogen-bond acceptors (Lipinski definition) is 11. The number of aliphatic carboxylic acids is 1. The van der Waals surface area contributed by atoms with Crippen LogP contribution in [0.25, 0.3) is 0 Å². The van der Waals surface area contributed by atoms with Crippen molar-refractivity contribution in [3.63, 3.8) is 0 Å². The van der Waals surface area contributed by atoms with E-state index in [2.05, 4.69) is 20.4 Å². The first-order chi connectivity index (χ1) is 20.7. The lowest BCUT2D eigenvalue weighted by Gasteiger charge is -2.33. The lowest BCUT2D eigenvalue weighted by atomic mass is 10.0. The topological polar surface area (TPSA) is 185 Å². The molecule has 3 heterocycles. The molecule has 0 spiro atoms. The predicted octanol–water partition coefficient (Wildman–Crippen LogP) is 1.61. The second kappa shape index (κ2) is 15.2. The standard InChI is InChI=1S/C22H30N4O7S.C6H7NO2S/c1-22(2)17(23-13-34-22)18(27)24-16(19(28)29)12-14-4-6-15(7-5-14)33-21(31)26-10-8-25(9-11-26)20(30)32-3;1-10(8,9)6-3-2-4-7-5-6/h4-7,16-17,23H,8-13H2,1-3H3,(H,24,27)(H,28,29);2-5H,1H3/t16-,17?;/m0./s1. The van der Waals surface area contributed by atoms with E-state index in [0.717, 1.165) is 6.26 Å². The van der Waals surface area contributed by atoms with Gasteiger partial charge in [-0.05, 0) is 43.7 Å². The maximum absolute atomic E-state index is 12.6. The van der Waals surface area contributed by atoms with E-state index in [-0.39, 0.29) is 22.0 Å². The van der Waals surface area contributed by atoms with E-state index >= 15 is 0 Å². The Kier molecular flexibility index (Phi) is 12.0. The maximum atomic E-state index is 12.6. The first-order valence-electron chi connectivity index (χ1n) is 13.6. The molecule has 44 heavy (non-hydrogen) atoms. The van der Waals surface area contributed by atoms with Crippen LogP contribution in [-0.2, 0) is 30.6 Å². The molecule has 2 fully saturated rings. The fourth-order valence-corrected chi connectivity index (χ4v) is 5.92. The average molecular weight is 652 g/mol. The second-order valence-corrected chi connectivity index (χ2v) is 14.2. The Morgan fingerprint density at radius 3 is 2.16 bits per heavy atom. The average Bonchev–Trinajstić information content (AvgIpc) is 3.36. The van der Waals surface area contributed by atoms with Crippen molar-refractivity contribution in [1.82, 2.24) is 25.4 Å². The number of nitrogens with one attached hydrogen (secondary N) is 2. The van der Waals surface area contributed by atoms with Gasteiger partial charge in [-0.25, -0.2) is 22.8 Å². The van der Waals surface area contributed by atoms with Crippen molar-refractivity contribution in [3.8, 4) is 5.75 Å². The third-order valence-electron chi connectivity index (χ3n) is 6.91. The fraction of sp³-hybridized carbons (Fsp3) is 0.464. The van der Waals surface area contributed by atoms with Gasteiger partial charge in [0.15, 0.2) is 9.84 Å². The maximum Gasteiger partial charge on any atom is 0.415 e. The van der Waals surface area contributed by atoms with Gasteiger partial charge in [-0.2, -0.15) is 0 Å². The molecule has 0 saturated carbocycles. The van der Waals surface area contributed by atoms with Crippen LogP contribution < -0.4 is 15.4 Å². The van der Waals surface area contributed by atoms with E-state index in [9.17, 15) is 32.7 Å². The Morgan fingerprint density at radius 2 is 1.70 bits per heavy atom. The minimum absolute atomic E-state index is 0.0884. The van der Waals surface area contributed by atoms with Crippen molar-refractivity contribution < 1.29 is 42.2 Å². The number of carbonyl (C=O) groups is 4. The minimum atomic E-state index is -3.07. The number of sulfone groups is 1. The molecule has 2 saturated heterocycles. The number of carbonyl (C=O) groups excluding carboxylic acids is 3. The van der Waals surface area contributed by atoms with Gasteiger partial charge in [0.2, 0.25) is 5.91 Å². The number of ether oxygens (including phenoxy) is 2. The molecule has 16 heteroatoms. The van der Waals surface area contributed by atoms with Gasteiger partial charge in [-0.3, -0.25) is 15.1 Å². The van der Waals surface area contributed by atoms with Crippen molar-refractivity contribution in [1.29, 1.82) is 0 Å². The van der Waals surface area contributed by atoms with Crippen molar-refractivity contribution in [2.24, 2.45) is 0 Å². The molecular formula is C28H37N5O9S2. The van der Waals surface area contributed by atoms with Gasteiger partial charge >= 0.3 is 18.2 Å². The first kappa shape index (κ1) is 34.6. The second-order valence-electron chi connectivity index (χ2n) is 10.5. The van der Waals surface area contributed by atoms with Gasteiger partial charge in [0.1, 0.15) is 17.8 Å². The molecule has 2 atom stereocenters. The SMILES string of the molecule is COC(=O)N1CCN(C(=O)Oc2ccc(C[C@H](NC(=O)C3NCSC3(C)C)C(=O)O)cc2)CC1.CS(=O)(=O)c1cccnc1. The normalized spacial score (nSPS) is 18.3. The monoisotopic (exact) mass is 651 g/mol. The zero-order valence-electron chi connectivity index (χ0n) is 24.9. The Labute approximate surface area is 260 Å². The fourth-order valence-electron chi connectivity index (χ4n) is 4.37. The highest BCUT2D eigenvalue weighted by Gasteiger charge is 2.41. The van der Waals surface area contributed by atoms with Crippen LogP contribution >= 0.6 is 11.8 Å². The minimum Gasteiger partial charge on any atom is -0.480 e. The molecule has 3 N–H and O–H groups in total. The zero-order chi connectivity index (χ0) is 32.5. The number of carboxylic acids is 1. The molecule has 2 aliphatic heterocycles. The van der Waals surface area contributed by atoms with Crippen LogP contribution in [0.15, 0.2) is 53.7 Å². The van der Waals surface area contributed by atoms with Crippen LogP contribution in [0, 0.1) is 0 Å². The number of piperazine rings is 1. The van der Waals surface area contributed by atoms with Gasteiger partial charge in [0, 0.05) is 61.9 Å². The largest absolute Gasteiger partial charge is 0.480 e. The molecule has 1 aromatic heterocycles. The first-order valence-corrected chi connectivity index (χ1v) is 16.5. The molecule has 3 amide bonds. The highest BCUT2D eigenvalue weighted by Crippen LogP contribution is 2.33. The summed E-state index contributed by atoms with van der Waals surface area (Å²) in [6.07, 6.45) is 3.15. The number of methoxy groups -OCH3 is 1. The zero-order valence-corrected chi connectivity index (χ0v) is 26.5. The molecular weight excluding hydrogens is 614 g/mol. The summed E-state index contributed by atoms with van der Waals surface area (Å²) in [7, 11) is -1.75. The number of carboxylic acid groups (broad SMARTS) is 1. The number of rotatable bonds is 7. The number of amides is 3. The number of pyridine rings is 1. The molecule has 240 valence electrons. The van der Waals surface area contributed by atoms with Crippen LogP contribution in [0.3, 0.4) is 0 Å². The van der Waals surface area contributed by atoms with Crippen LogP contribution in [0.5, 0.6) is 5.75 Å². The highest BCUT2D eigenvalue weighted by atomic mass is 32.2. The summed E-state index contributed by atoms with van der Waals surface area (Å²) < 4.78 is 31.3. The van der Waals surface area contributed by atoms with E-state index < -0.39 is 40.1 Å². The summed E-state index contributed by atoms with van der Waals surface area (Å²) in [4.78, 5) is 55.3. The van der Waals surface area contributed by atoms with Crippen molar-refractivity contribution in [3.05, 3.63) is 54.4 Å². The quantitative estimate of drug-likeness (QED) is 0.394. The van der Waals surface area contributed by atoms with E-state index in [1.807, 2.05) is 13.8 Å². The molecule has 0 radical (unpaired) electrons. The van der Waals surface area contributed by atoms with E-state index in [1.165, 1.54) is 35.4 Å².